The molecule has 1 amide bonds. The fraction of sp³-hybridized carbons (Fsp3) is 0.444. The van der Waals surface area contributed by atoms with E-state index in [2.05, 4.69) is 10.5 Å². The maximum atomic E-state index is 12.5. The third-order valence-corrected chi connectivity index (χ3v) is 4.49. The SMILES string of the molecule is CNCCC1CCN(C(=O)c2cc(-c3ccccc3)no2)CC1.Cl. The van der Waals surface area contributed by atoms with Crippen molar-refractivity contribution in [2.45, 2.75) is 19.3 Å². The third kappa shape index (κ3) is 4.36. The summed E-state index contributed by atoms with van der Waals surface area (Å²) in [6.45, 7) is 2.64. The van der Waals surface area contributed by atoms with Crippen LogP contribution in [0.25, 0.3) is 11.3 Å². The first kappa shape index (κ1) is 18.5. The Morgan fingerprint density at radius 1 is 1.29 bits per heavy atom. The van der Waals surface area contributed by atoms with E-state index in [1.807, 2.05) is 42.3 Å². The molecule has 3 rings (SSSR count). The topological polar surface area (TPSA) is 58.4 Å². The van der Waals surface area contributed by atoms with Crippen molar-refractivity contribution in [1.29, 1.82) is 0 Å². The van der Waals surface area contributed by atoms with Gasteiger partial charge in [0.25, 0.3) is 5.91 Å². The molecular formula is C18H24ClN3O2. The van der Waals surface area contributed by atoms with Crippen LogP contribution in [-0.4, -0.2) is 42.6 Å². The fourth-order valence-corrected chi connectivity index (χ4v) is 3.05. The summed E-state index contributed by atoms with van der Waals surface area (Å²) in [6.07, 6.45) is 3.30. The zero-order chi connectivity index (χ0) is 16.1. The van der Waals surface area contributed by atoms with Crippen LogP contribution in [-0.2, 0) is 0 Å². The summed E-state index contributed by atoms with van der Waals surface area (Å²) in [4.78, 5) is 14.4. The molecule has 1 aromatic heterocycles. The number of likely N-dealkylation sites (tertiary alicyclic amines) is 1. The average Bonchev–Trinajstić information content (AvgIpc) is 3.11. The van der Waals surface area contributed by atoms with E-state index >= 15 is 0 Å². The molecular weight excluding hydrogens is 326 g/mol. The summed E-state index contributed by atoms with van der Waals surface area (Å²) in [6, 6.07) is 11.5. The molecule has 1 aromatic carbocycles. The highest BCUT2D eigenvalue weighted by atomic mass is 35.5. The van der Waals surface area contributed by atoms with Gasteiger partial charge in [-0.1, -0.05) is 35.5 Å². The molecule has 1 aliphatic rings. The van der Waals surface area contributed by atoms with E-state index in [4.69, 9.17) is 4.52 Å². The van der Waals surface area contributed by atoms with E-state index in [9.17, 15) is 4.79 Å². The van der Waals surface area contributed by atoms with Gasteiger partial charge in [0, 0.05) is 24.7 Å². The molecule has 0 saturated carbocycles. The van der Waals surface area contributed by atoms with Crippen molar-refractivity contribution in [3.8, 4) is 11.3 Å². The van der Waals surface area contributed by atoms with Crippen molar-refractivity contribution >= 4 is 18.3 Å². The molecule has 1 aliphatic heterocycles. The second-order valence-electron chi connectivity index (χ2n) is 6.07. The Balaban J connectivity index is 0.00000208. The average molecular weight is 350 g/mol. The number of nitrogens with zero attached hydrogens (tertiary/aromatic N) is 2. The van der Waals surface area contributed by atoms with Crippen LogP contribution in [0.15, 0.2) is 40.9 Å². The molecule has 6 heteroatoms. The first-order chi connectivity index (χ1) is 11.3. The number of carbonyl (C=O) groups is 1. The Morgan fingerprint density at radius 3 is 2.67 bits per heavy atom. The number of benzene rings is 1. The molecule has 130 valence electrons. The Morgan fingerprint density at radius 2 is 2.00 bits per heavy atom. The van der Waals surface area contributed by atoms with E-state index in [-0.39, 0.29) is 18.3 Å². The van der Waals surface area contributed by atoms with Crippen LogP contribution in [0.5, 0.6) is 0 Å². The van der Waals surface area contributed by atoms with Crippen LogP contribution in [0.3, 0.4) is 0 Å². The molecule has 0 atom stereocenters. The smallest absolute Gasteiger partial charge is 0.292 e. The lowest BCUT2D eigenvalue weighted by Crippen LogP contribution is -2.38. The van der Waals surface area contributed by atoms with Gasteiger partial charge in [-0.05, 0) is 38.8 Å². The maximum Gasteiger partial charge on any atom is 0.292 e. The molecule has 0 unspecified atom stereocenters. The van der Waals surface area contributed by atoms with Gasteiger partial charge in [-0.25, -0.2) is 0 Å². The number of hydrogen-bond acceptors (Lipinski definition) is 4. The minimum atomic E-state index is -0.0493. The molecule has 2 heterocycles. The lowest BCUT2D eigenvalue weighted by Gasteiger charge is -2.31. The van der Waals surface area contributed by atoms with Gasteiger partial charge in [-0.2, -0.15) is 0 Å². The van der Waals surface area contributed by atoms with Crippen LogP contribution < -0.4 is 5.32 Å². The van der Waals surface area contributed by atoms with Gasteiger partial charge < -0.3 is 14.7 Å². The van der Waals surface area contributed by atoms with E-state index in [0.717, 1.165) is 38.0 Å². The highest BCUT2D eigenvalue weighted by Gasteiger charge is 2.26. The number of halogens is 1. The summed E-state index contributed by atoms with van der Waals surface area (Å²) >= 11 is 0. The van der Waals surface area contributed by atoms with Crippen LogP contribution in [0, 0.1) is 5.92 Å². The number of rotatable bonds is 5. The van der Waals surface area contributed by atoms with Gasteiger partial charge in [0.1, 0.15) is 5.69 Å². The van der Waals surface area contributed by atoms with Gasteiger partial charge >= 0.3 is 0 Å². The Bertz CT molecular complexity index is 637. The van der Waals surface area contributed by atoms with Crippen LogP contribution in [0.4, 0.5) is 0 Å². The highest BCUT2D eigenvalue weighted by Crippen LogP contribution is 2.23. The molecule has 0 bridgehead atoms. The number of hydrogen-bond donors (Lipinski definition) is 1. The zero-order valence-electron chi connectivity index (χ0n) is 13.9. The Labute approximate surface area is 148 Å². The number of amides is 1. The first-order valence-corrected chi connectivity index (χ1v) is 8.24. The minimum absolute atomic E-state index is 0. The largest absolute Gasteiger partial charge is 0.350 e. The van der Waals surface area contributed by atoms with Gasteiger partial charge in [0.05, 0.1) is 0 Å². The fourth-order valence-electron chi connectivity index (χ4n) is 3.05. The summed E-state index contributed by atoms with van der Waals surface area (Å²) < 4.78 is 5.27. The molecule has 2 aromatic rings. The standard InChI is InChI=1S/C18H23N3O2.ClH/c1-19-10-7-14-8-11-21(12-9-14)18(22)17-13-16(20-23-17)15-5-3-2-4-6-15;/h2-6,13-14,19H,7-12H2,1H3;1H. The van der Waals surface area contributed by atoms with Crippen molar-refractivity contribution in [3.63, 3.8) is 0 Å². The second kappa shape index (κ2) is 8.85. The monoisotopic (exact) mass is 349 g/mol. The lowest BCUT2D eigenvalue weighted by molar-refractivity contribution is 0.0645. The van der Waals surface area contributed by atoms with Crippen molar-refractivity contribution in [2.24, 2.45) is 5.92 Å². The maximum absolute atomic E-state index is 12.5. The van der Waals surface area contributed by atoms with Gasteiger partial charge in [-0.15, -0.1) is 12.4 Å². The van der Waals surface area contributed by atoms with Crippen molar-refractivity contribution in [3.05, 3.63) is 42.2 Å². The molecule has 1 fully saturated rings. The summed E-state index contributed by atoms with van der Waals surface area (Å²) in [5, 5.41) is 7.22. The summed E-state index contributed by atoms with van der Waals surface area (Å²) in [7, 11) is 1.98. The molecule has 0 radical (unpaired) electrons. The Hall–Kier alpha value is -1.85. The number of nitrogens with one attached hydrogen (secondary N) is 1. The van der Waals surface area contributed by atoms with Gasteiger partial charge in [0.15, 0.2) is 0 Å². The molecule has 0 spiro atoms. The molecule has 1 saturated heterocycles. The van der Waals surface area contributed by atoms with Crippen molar-refractivity contribution in [1.82, 2.24) is 15.4 Å². The number of aromatic nitrogens is 1. The molecule has 0 aliphatic carbocycles. The van der Waals surface area contributed by atoms with Crippen LogP contribution in [0.1, 0.15) is 29.8 Å². The summed E-state index contributed by atoms with van der Waals surface area (Å²) in [5.41, 5.74) is 1.67. The zero-order valence-corrected chi connectivity index (χ0v) is 14.7. The third-order valence-electron chi connectivity index (χ3n) is 4.49. The highest BCUT2D eigenvalue weighted by molar-refractivity contribution is 5.92. The first-order valence-electron chi connectivity index (χ1n) is 8.24. The van der Waals surface area contributed by atoms with E-state index in [1.165, 1.54) is 6.42 Å². The molecule has 24 heavy (non-hydrogen) atoms. The van der Waals surface area contributed by atoms with Crippen LogP contribution >= 0.6 is 12.4 Å². The second-order valence-corrected chi connectivity index (χ2v) is 6.07. The predicted octanol–water partition coefficient (Wildman–Crippen LogP) is 3.23. The van der Waals surface area contributed by atoms with Gasteiger partial charge in [-0.3, -0.25) is 4.79 Å². The number of carbonyl (C=O) groups excluding carboxylic acids is 1. The van der Waals surface area contributed by atoms with Gasteiger partial charge in [0.2, 0.25) is 5.76 Å². The lowest BCUT2D eigenvalue weighted by atomic mass is 9.93. The minimum Gasteiger partial charge on any atom is -0.350 e. The van der Waals surface area contributed by atoms with E-state index in [1.54, 1.807) is 6.07 Å². The van der Waals surface area contributed by atoms with E-state index < -0.39 is 0 Å². The molecule has 5 nitrogen and oxygen atoms in total. The quantitative estimate of drug-likeness (QED) is 0.900. The van der Waals surface area contributed by atoms with Crippen molar-refractivity contribution in [2.75, 3.05) is 26.7 Å². The summed E-state index contributed by atoms with van der Waals surface area (Å²) in [5.74, 6) is 0.991. The molecule has 1 N–H and O–H groups in total. The Kier molecular flexibility index (Phi) is 6.82. The normalized spacial score (nSPS) is 15.1. The van der Waals surface area contributed by atoms with Crippen molar-refractivity contribution < 1.29 is 9.32 Å². The van der Waals surface area contributed by atoms with E-state index in [0.29, 0.717) is 17.4 Å². The van der Waals surface area contributed by atoms with Crippen LogP contribution in [0.2, 0.25) is 0 Å². The predicted molar refractivity (Wildman–Crippen MR) is 96.4 cm³/mol. The number of piperidine rings is 1.